The molecule has 4 heteroatoms. The first-order valence-corrected chi connectivity index (χ1v) is 10.4. The molecule has 0 saturated carbocycles. The van der Waals surface area contributed by atoms with Crippen LogP contribution in [-0.2, 0) is 4.74 Å². The molecule has 1 atom stereocenters. The molecule has 0 fully saturated rings. The van der Waals surface area contributed by atoms with Gasteiger partial charge < -0.3 is 14.6 Å². The molecular formula is C26H29FO3. The second kappa shape index (κ2) is 10.8. The molecule has 0 bridgehead atoms. The summed E-state index contributed by atoms with van der Waals surface area (Å²) in [6.07, 6.45) is 7.73. The average Bonchev–Trinajstić information content (AvgIpc) is 3.22. The van der Waals surface area contributed by atoms with Gasteiger partial charge in [0.15, 0.2) is 11.6 Å². The van der Waals surface area contributed by atoms with Crippen molar-refractivity contribution >= 4 is 6.08 Å². The molecule has 158 valence electrons. The summed E-state index contributed by atoms with van der Waals surface area (Å²) in [7, 11) is 0. The summed E-state index contributed by atoms with van der Waals surface area (Å²) < 4.78 is 25.4. The first kappa shape index (κ1) is 21.8. The van der Waals surface area contributed by atoms with Crippen molar-refractivity contribution in [2.75, 3.05) is 13.2 Å². The molecule has 0 aromatic heterocycles. The summed E-state index contributed by atoms with van der Waals surface area (Å²) in [6, 6.07) is 14.2. The largest absolute Gasteiger partial charge is 0.505 e. The molecule has 1 heterocycles. The standard InChI is InChI=1S/C26H29FO3/c1-3-7-20(16-21-10-12-25(28)24(27)17-21)11-13-26-23(14-15-29-26)19(2)18-30-22-8-5-4-6-9-22/h4-6,8-10,12,14,16-17,26,28H,2-3,7,11,13,15,18H2,1H3/b20-16+. The number of hydrogen-bond acceptors (Lipinski definition) is 3. The Labute approximate surface area is 178 Å². The van der Waals surface area contributed by atoms with Gasteiger partial charge in [0.05, 0.1) is 12.7 Å². The van der Waals surface area contributed by atoms with Crippen molar-refractivity contribution in [1.29, 1.82) is 0 Å². The van der Waals surface area contributed by atoms with Crippen LogP contribution in [-0.4, -0.2) is 24.4 Å². The smallest absolute Gasteiger partial charge is 0.165 e. The highest BCUT2D eigenvalue weighted by Gasteiger charge is 2.22. The van der Waals surface area contributed by atoms with Gasteiger partial charge in [-0.3, -0.25) is 0 Å². The minimum atomic E-state index is -0.598. The average molecular weight is 409 g/mol. The van der Waals surface area contributed by atoms with Crippen LogP contribution in [0.3, 0.4) is 0 Å². The van der Waals surface area contributed by atoms with E-state index in [1.165, 1.54) is 17.7 Å². The zero-order valence-corrected chi connectivity index (χ0v) is 17.4. The monoisotopic (exact) mass is 408 g/mol. The highest BCUT2D eigenvalue weighted by atomic mass is 19.1. The molecule has 3 nitrogen and oxygen atoms in total. The molecule has 3 rings (SSSR count). The Kier molecular flexibility index (Phi) is 7.86. The van der Waals surface area contributed by atoms with E-state index in [0.29, 0.717) is 13.2 Å². The molecule has 0 amide bonds. The summed E-state index contributed by atoms with van der Waals surface area (Å²) in [4.78, 5) is 0. The van der Waals surface area contributed by atoms with Crippen LogP contribution in [0.15, 0.2) is 77.9 Å². The lowest BCUT2D eigenvalue weighted by Crippen LogP contribution is -2.15. The third-order valence-corrected chi connectivity index (χ3v) is 5.15. The minimum Gasteiger partial charge on any atom is -0.505 e. The van der Waals surface area contributed by atoms with Crippen molar-refractivity contribution in [2.24, 2.45) is 0 Å². The van der Waals surface area contributed by atoms with Gasteiger partial charge >= 0.3 is 0 Å². The van der Waals surface area contributed by atoms with Gasteiger partial charge in [0.25, 0.3) is 0 Å². The first-order chi connectivity index (χ1) is 14.6. The molecule has 30 heavy (non-hydrogen) atoms. The molecule has 1 aliphatic heterocycles. The van der Waals surface area contributed by atoms with Crippen LogP contribution >= 0.6 is 0 Å². The number of allylic oxidation sites excluding steroid dienone is 1. The summed E-state index contributed by atoms with van der Waals surface area (Å²) in [5.41, 5.74) is 4.04. The van der Waals surface area contributed by atoms with Crippen LogP contribution in [0.25, 0.3) is 6.08 Å². The Morgan fingerprint density at radius 3 is 2.77 bits per heavy atom. The zero-order valence-electron chi connectivity index (χ0n) is 17.4. The maximum absolute atomic E-state index is 13.7. The van der Waals surface area contributed by atoms with Crippen molar-refractivity contribution in [1.82, 2.24) is 0 Å². The second-order valence-electron chi connectivity index (χ2n) is 7.49. The van der Waals surface area contributed by atoms with E-state index in [1.807, 2.05) is 36.4 Å². The molecule has 1 aliphatic rings. The van der Waals surface area contributed by atoms with Crippen LogP contribution in [0.1, 0.15) is 38.2 Å². The summed E-state index contributed by atoms with van der Waals surface area (Å²) in [5.74, 6) is -0.0998. The van der Waals surface area contributed by atoms with Gasteiger partial charge in [0.1, 0.15) is 12.4 Å². The van der Waals surface area contributed by atoms with Crippen LogP contribution in [0.4, 0.5) is 4.39 Å². The molecule has 2 aromatic carbocycles. The van der Waals surface area contributed by atoms with E-state index in [9.17, 15) is 9.50 Å². The number of ether oxygens (including phenoxy) is 2. The normalized spacial score (nSPS) is 16.4. The van der Waals surface area contributed by atoms with Crippen molar-refractivity contribution in [2.45, 2.75) is 38.7 Å². The fourth-order valence-corrected chi connectivity index (χ4v) is 3.61. The van der Waals surface area contributed by atoms with Crippen molar-refractivity contribution in [3.05, 3.63) is 89.3 Å². The summed E-state index contributed by atoms with van der Waals surface area (Å²) in [5, 5.41) is 9.39. The fourth-order valence-electron chi connectivity index (χ4n) is 3.61. The maximum atomic E-state index is 13.7. The minimum absolute atomic E-state index is 0.00585. The Bertz CT molecular complexity index is 915. The third kappa shape index (κ3) is 6.07. The topological polar surface area (TPSA) is 38.7 Å². The Morgan fingerprint density at radius 2 is 2.03 bits per heavy atom. The van der Waals surface area contributed by atoms with Gasteiger partial charge in [-0.15, -0.1) is 0 Å². The fraction of sp³-hybridized carbons (Fsp3) is 0.308. The van der Waals surface area contributed by atoms with Gasteiger partial charge in [-0.05, 0) is 60.2 Å². The predicted molar refractivity (Wildman–Crippen MR) is 119 cm³/mol. The molecule has 0 saturated heterocycles. The molecule has 1 unspecified atom stereocenters. The molecule has 0 spiro atoms. The lowest BCUT2D eigenvalue weighted by molar-refractivity contribution is 0.116. The molecule has 1 N–H and O–H groups in total. The number of hydrogen-bond donors (Lipinski definition) is 1. The second-order valence-corrected chi connectivity index (χ2v) is 7.49. The number of phenols is 1. The van der Waals surface area contributed by atoms with Gasteiger partial charge in [-0.25, -0.2) is 4.39 Å². The van der Waals surface area contributed by atoms with Crippen LogP contribution in [0, 0.1) is 5.82 Å². The molecule has 0 radical (unpaired) electrons. The molecular weight excluding hydrogens is 379 g/mol. The Hall–Kier alpha value is -2.85. The maximum Gasteiger partial charge on any atom is 0.165 e. The van der Waals surface area contributed by atoms with Crippen LogP contribution < -0.4 is 4.74 Å². The van der Waals surface area contributed by atoms with Crippen LogP contribution in [0.2, 0.25) is 0 Å². The number of phenolic OH excluding ortho intramolecular Hbond substituents is 1. The van der Waals surface area contributed by atoms with Gasteiger partial charge in [0, 0.05) is 0 Å². The zero-order chi connectivity index (χ0) is 21.3. The van der Waals surface area contributed by atoms with E-state index < -0.39 is 5.82 Å². The van der Waals surface area contributed by atoms with Crippen molar-refractivity contribution in [3.63, 3.8) is 0 Å². The predicted octanol–water partition coefficient (Wildman–Crippen LogP) is 6.46. The van der Waals surface area contributed by atoms with E-state index in [0.717, 1.165) is 48.1 Å². The first-order valence-electron chi connectivity index (χ1n) is 10.4. The summed E-state index contributed by atoms with van der Waals surface area (Å²) >= 11 is 0. The lowest BCUT2D eigenvalue weighted by atomic mass is 9.95. The van der Waals surface area contributed by atoms with E-state index in [1.54, 1.807) is 6.07 Å². The van der Waals surface area contributed by atoms with Gasteiger partial charge in [-0.2, -0.15) is 0 Å². The Morgan fingerprint density at radius 1 is 1.23 bits per heavy atom. The quantitative estimate of drug-likeness (QED) is 0.491. The van der Waals surface area contributed by atoms with E-state index >= 15 is 0 Å². The lowest BCUT2D eigenvalue weighted by Gasteiger charge is -2.18. The van der Waals surface area contributed by atoms with Crippen LogP contribution in [0.5, 0.6) is 11.5 Å². The number of para-hydroxylation sites is 1. The Balaban J connectivity index is 1.59. The highest BCUT2D eigenvalue weighted by Crippen LogP contribution is 2.29. The van der Waals surface area contributed by atoms with Crippen molar-refractivity contribution < 1.29 is 19.0 Å². The number of halogens is 1. The van der Waals surface area contributed by atoms with E-state index in [4.69, 9.17) is 9.47 Å². The number of aromatic hydroxyl groups is 1. The van der Waals surface area contributed by atoms with Gasteiger partial charge in [0.2, 0.25) is 0 Å². The van der Waals surface area contributed by atoms with Gasteiger partial charge in [-0.1, -0.05) is 61.9 Å². The highest BCUT2D eigenvalue weighted by molar-refractivity contribution is 5.54. The number of benzene rings is 2. The molecule has 2 aromatic rings. The molecule has 0 aliphatic carbocycles. The summed E-state index contributed by atoms with van der Waals surface area (Å²) in [6.45, 7) is 7.34. The SMILES string of the molecule is C=C(COc1ccccc1)C1=CCOC1CC/C(=C/c1ccc(O)c(F)c1)CCC. The third-order valence-electron chi connectivity index (χ3n) is 5.15. The van der Waals surface area contributed by atoms with E-state index in [2.05, 4.69) is 19.6 Å². The number of rotatable bonds is 10. The van der Waals surface area contributed by atoms with Crippen molar-refractivity contribution in [3.8, 4) is 11.5 Å². The van der Waals surface area contributed by atoms with E-state index in [-0.39, 0.29) is 11.9 Å².